The quantitative estimate of drug-likeness (QED) is 0.697. The third kappa shape index (κ3) is 6.06. The van der Waals surface area contributed by atoms with E-state index in [2.05, 4.69) is 45.4 Å². The van der Waals surface area contributed by atoms with Crippen LogP contribution in [0.2, 0.25) is 0 Å². The number of hydrogen-bond donors (Lipinski definition) is 1. The second kappa shape index (κ2) is 11.3. The molecule has 2 aromatic rings. The number of carbonyl (C=O) groups is 1. The molecular weight excluding hydrogens is 429 g/mol. The van der Waals surface area contributed by atoms with E-state index in [1.807, 2.05) is 17.9 Å². The average Bonchev–Trinajstić information content (AvgIpc) is 2.86. The van der Waals surface area contributed by atoms with Gasteiger partial charge in [0.2, 0.25) is 0 Å². The lowest BCUT2D eigenvalue weighted by Gasteiger charge is -2.41. The van der Waals surface area contributed by atoms with E-state index in [-0.39, 0.29) is 17.6 Å². The molecule has 0 radical (unpaired) electrons. The number of benzene rings is 2. The summed E-state index contributed by atoms with van der Waals surface area (Å²) in [7, 11) is 0. The number of hydrogen-bond acceptors (Lipinski definition) is 4. The molecule has 180 valence electrons. The van der Waals surface area contributed by atoms with Gasteiger partial charge in [0.1, 0.15) is 11.9 Å². The van der Waals surface area contributed by atoms with Gasteiger partial charge in [-0.05, 0) is 69.0 Å². The number of carbonyl (C=O) groups excluding carboxylic acids is 1. The van der Waals surface area contributed by atoms with Crippen LogP contribution in [0.1, 0.15) is 37.3 Å². The van der Waals surface area contributed by atoms with Crippen molar-refractivity contribution in [3.8, 4) is 6.07 Å². The smallest absolute Gasteiger partial charge is 0.317 e. The molecule has 4 rings (SSSR count). The molecule has 0 saturated carbocycles. The van der Waals surface area contributed by atoms with Gasteiger partial charge in [-0.2, -0.15) is 5.26 Å². The van der Waals surface area contributed by atoms with Crippen molar-refractivity contribution in [2.75, 3.05) is 44.2 Å². The van der Waals surface area contributed by atoms with Gasteiger partial charge in [-0.25, -0.2) is 9.18 Å². The molecule has 2 aromatic carbocycles. The van der Waals surface area contributed by atoms with Crippen LogP contribution in [-0.2, 0) is 6.54 Å². The second-order valence-electron chi connectivity index (χ2n) is 9.49. The summed E-state index contributed by atoms with van der Waals surface area (Å²) in [5, 5.41) is 12.2. The summed E-state index contributed by atoms with van der Waals surface area (Å²) >= 11 is 0. The zero-order valence-electron chi connectivity index (χ0n) is 19.9. The standard InChI is InChI=1S/C27H34FN5O/c1-21-19-32(25-7-8-26(28)24(17-25)18-29)15-16-33(21)27(34)30-12-9-22-10-13-31(14-11-22)20-23-5-3-2-4-6-23/h2-8,17,21-22H,9-16,19-20H2,1H3,(H,30,34). The number of piperazine rings is 1. The van der Waals surface area contributed by atoms with Gasteiger partial charge in [-0.3, -0.25) is 4.90 Å². The molecule has 1 atom stereocenters. The van der Waals surface area contributed by atoms with Crippen LogP contribution in [0.4, 0.5) is 14.9 Å². The molecule has 0 aromatic heterocycles. The van der Waals surface area contributed by atoms with Crippen molar-refractivity contribution in [2.24, 2.45) is 5.92 Å². The summed E-state index contributed by atoms with van der Waals surface area (Å²) < 4.78 is 13.6. The number of nitrogens with one attached hydrogen (secondary N) is 1. The van der Waals surface area contributed by atoms with Crippen molar-refractivity contribution in [1.82, 2.24) is 15.1 Å². The van der Waals surface area contributed by atoms with Gasteiger partial charge in [-0.15, -0.1) is 0 Å². The summed E-state index contributed by atoms with van der Waals surface area (Å²) in [6.45, 7) is 7.90. The maximum absolute atomic E-state index is 13.6. The van der Waals surface area contributed by atoms with Crippen LogP contribution >= 0.6 is 0 Å². The number of urea groups is 1. The Morgan fingerprint density at radius 2 is 1.88 bits per heavy atom. The molecule has 2 heterocycles. The molecule has 7 heteroatoms. The minimum atomic E-state index is -0.501. The Morgan fingerprint density at radius 1 is 1.12 bits per heavy atom. The largest absolute Gasteiger partial charge is 0.368 e. The lowest BCUT2D eigenvalue weighted by Crippen LogP contribution is -2.56. The first-order valence-electron chi connectivity index (χ1n) is 12.3. The number of rotatable bonds is 6. The average molecular weight is 464 g/mol. The normalized spacial score (nSPS) is 19.6. The van der Waals surface area contributed by atoms with E-state index in [0.29, 0.717) is 32.1 Å². The Labute approximate surface area is 201 Å². The molecule has 2 saturated heterocycles. The van der Waals surface area contributed by atoms with Crippen molar-refractivity contribution in [2.45, 2.75) is 38.8 Å². The summed E-state index contributed by atoms with van der Waals surface area (Å²) in [5.74, 6) is 0.161. The van der Waals surface area contributed by atoms with Crippen molar-refractivity contribution in [1.29, 1.82) is 5.26 Å². The fourth-order valence-electron chi connectivity index (χ4n) is 5.05. The number of piperidine rings is 1. The lowest BCUT2D eigenvalue weighted by molar-refractivity contribution is 0.162. The SMILES string of the molecule is CC1CN(c2ccc(F)c(C#N)c2)CCN1C(=O)NCCC1CCN(Cc2ccccc2)CC1. The Kier molecular flexibility index (Phi) is 8.02. The van der Waals surface area contributed by atoms with Gasteiger partial charge in [0.15, 0.2) is 0 Å². The molecule has 2 fully saturated rings. The van der Waals surface area contributed by atoms with Crippen LogP contribution in [0.5, 0.6) is 0 Å². The van der Waals surface area contributed by atoms with Crippen molar-refractivity contribution < 1.29 is 9.18 Å². The molecule has 6 nitrogen and oxygen atoms in total. The van der Waals surface area contributed by atoms with Gasteiger partial charge in [0.25, 0.3) is 0 Å². The first-order chi connectivity index (χ1) is 16.5. The van der Waals surface area contributed by atoms with Crippen molar-refractivity contribution in [3.63, 3.8) is 0 Å². The van der Waals surface area contributed by atoms with Gasteiger partial charge < -0.3 is 15.1 Å². The van der Waals surface area contributed by atoms with Crippen LogP contribution in [0.3, 0.4) is 0 Å². The first kappa shape index (κ1) is 24.0. The van der Waals surface area contributed by atoms with Crippen LogP contribution in [0.25, 0.3) is 0 Å². The molecule has 34 heavy (non-hydrogen) atoms. The minimum Gasteiger partial charge on any atom is -0.368 e. The summed E-state index contributed by atoms with van der Waals surface area (Å²) in [6.07, 6.45) is 3.38. The molecule has 2 aliphatic rings. The monoisotopic (exact) mass is 463 g/mol. The third-order valence-electron chi connectivity index (χ3n) is 7.11. The number of nitriles is 1. The molecule has 2 amide bonds. The highest BCUT2D eigenvalue weighted by Crippen LogP contribution is 2.23. The highest BCUT2D eigenvalue weighted by molar-refractivity contribution is 5.75. The first-order valence-corrected chi connectivity index (χ1v) is 12.3. The Hall–Kier alpha value is -3.11. The molecule has 0 spiro atoms. The molecule has 0 bridgehead atoms. The van der Waals surface area contributed by atoms with E-state index in [9.17, 15) is 9.18 Å². The van der Waals surface area contributed by atoms with Crippen molar-refractivity contribution >= 4 is 11.7 Å². The molecular formula is C27H34FN5O. The molecule has 1 unspecified atom stereocenters. The maximum Gasteiger partial charge on any atom is 0.317 e. The number of nitrogens with zero attached hydrogens (tertiary/aromatic N) is 4. The predicted octanol–water partition coefficient (Wildman–Crippen LogP) is 4.22. The highest BCUT2D eigenvalue weighted by atomic mass is 19.1. The molecule has 0 aliphatic carbocycles. The Bertz CT molecular complexity index is 1000. The summed E-state index contributed by atoms with van der Waals surface area (Å²) in [6, 6.07) is 17.2. The topological polar surface area (TPSA) is 62.6 Å². The number of amides is 2. The van der Waals surface area contributed by atoms with Crippen molar-refractivity contribution in [3.05, 3.63) is 65.5 Å². The number of halogens is 1. The fraction of sp³-hybridized carbons (Fsp3) is 0.481. The van der Waals surface area contributed by atoms with E-state index < -0.39 is 5.82 Å². The van der Waals surface area contributed by atoms with Crippen LogP contribution in [-0.4, -0.2) is 61.1 Å². The van der Waals surface area contributed by atoms with Crippen LogP contribution in [0, 0.1) is 23.1 Å². The zero-order valence-corrected chi connectivity index (χ0v) is 19.9. The van der Waals surface area contributed by atoms with Gasteiger partial charge in [0, 0.05) is 44.5 Å². The fourth-order valence-corrected chi connectivity index (χ4v) is 5.05. The Balaban J connectivity index is 1.17. The summed E-state index contributed by atoms with van der Waals surface area (Å²) in [5.41, 5.74) is 2.24. The maximum atomic E-state index is 13.6. The van der Waals surface area contributed by atoms with Crippen LogP contribution in [0.15, 0.2) is 48.5 Å². The zero-order chi connectivity index (χ0) is 23.9. The highest BCUT2D eigenvalue weighted by Gasteiger charge is 2.28. The van der Waals surface area contributed by atoms with E-state index in [1.165, 1.54) is 24.5 Å². The van der Waals surface area contributed by atoms with E-state index in [4.69, 9.17) is 5.26 Å². The number of likely N-dealkylation sites (tertiary alicyclic amines) is 1. The van der Waals surface area contributed by atoms with E-state index in [0.717, 1.165) is 31.7 Å². The second-order valence-corrected chi connectivity index (χ2v) is 9.49. The van der Waals surface area contributed by atoms with Gasteiger partial charge >= 0.3 is 6.03 Å². The minimum absolute atomic E-state index is 0.00881. The summed E-state index contributed by atoms with van der Waals surface area (Å²) in [4.78, 5) is 19.3. The predicted molar refractivity (Wildman–Crippen MR) is 132 cm³/mol. The van der Waals surface area contributed by atoms with Gasteiger partial charge in [-0.1, -0.05) is 30.3 Å². The number of anilines is 1. The molecule has 1 N–H and O–H groups in total. The molecule has 2 aliphatic heterocycles. The van der Waals surface area contributed by atoms with E-state index in [1.54, 1.807) is 12.1 Å². The van der Waals surface area contributed by atoms with E-state index >= 15 is 0 Å². The third-order valence-corrected chi connectivity index (χ3v) is 7.11. The lowest BCUT2D eigenvalue weighted by atomic mass is 9.93. The Morgan fingerprint density at radius 3 is 2.59 bits per heavy atom. The van der Waals surface area contributed by atoms with Crippen LogP contribution < -0.4 is 10.2 Å². The van der Waals surface area contributed by atoms with Gasteiger partial charge in [0.05, 0.1) is 5.56 Å².